The van der Waals surface area contributed by atoms with Crippen LogP contribution >= 0.6 is 0 Å². The predicted octanol–water partition coefficient (Wildman–Crippen LogP) is 3.04. The van der Waals surface area contributed by atoms with Crippen molar-refractivity contribution in [2.75, 3.05) is 0 Å². The van der Waals surface area contributed by atoms with Gasteiger partial charge in [0.25, 0.3) is 0 Å². The fourth-order valence-electron chi connectivity index (χ4n) is 2.32. The molecule has 20 heavy (non-hydrogen) atoms. The summed E-state index contributed by atoms with van der Waals surface area (Å²) in [6.45, 7) is 4.31. The first-order valence-corrected chi connectivity index (χ1v) is 7.12. The van der Waals surface area contributed by atoms with Crippen molar-refractivity contribution in [1.82, 2.24) is 15.0 Å². The molecule has 1 fully saturated rings. The first-order valence-electron chi connectivity index (χ1n) is 7.12. The number of rotatable bonds is 2. The Hall–Kier alpha value is -2.08. The molecule has 1 unspecified atom stereocenters. The number of aromatic nitrogens is 3. The van der Waals surface area contributed by atoms with Crippen LogP contribution in [0.2, 0.25) is 0 Å². The lowest BCUT2D eigenvalue weighted by Crippen LogP contribution is -2.00. The second kappa shape index (κ2) is 5.13. The summed E-state index contributed by atoms with van der Waals surface area (Å²) >= 11 is 0. The summed E-state index contributed by atoms with van der Waals surface area (Å²) in [5.74, 6) is 7.49. The van der Waals surface area contributed by atoms with E-state index in [1.165, 1.54) is 24.0 Å². The van der Waals surface area contributed by atoms with Crippen LogP contribution in [0, 0.1) is 24.7 Å². The minimum Gasteiger partial charge on any atom is -0.255 e. The highest BCUT2D eigenvalue weighted by molar-refractivity contribution is 5.44. The van der Waals surface area contributed by atoms with Gasteiger partial charge in [0, 0.05) is 30.6 Å². The van der Waals surface area contributed by atoms with Gasteiger partial charge < -0.3 is 0 Å². The van der Waals surface area contributed by atoms with Crippen molar-refractivity contribution in [3.8, 4) is 11.8 Å². The maximum Gasteiger partial charge on any atom is 0.0898 e. The number of hydrogen-bond acceptors (Lipinski definition) is 2. The molecule has 1 heterocycles. The highest BCUT2D eigenvalue weighted by Gasteiger charge is 2.18. The molecule has 3 nitrogen and oxygen atoms in total. The third-order valence-electron chi connectivity index (χ3n) is 3.81. The molecule has 0 N–H and O–H groups in total. The molecule has 3 heteroatoms. The molecule has 1 aliphatic carbocycles. The topological polar surface area (TPSA) is 30.7 Å². The second-order valence-electron chi connectivity index (χ2n) is 5.65. The Labute approximate surface area is 120 Å². The van der Waals surface area contributed by atoms with Gasteiger partial charge in [-0.3, -0.25) is 4.68 Å². The van der Waals surface area contributed by atoms with E-state index in [4.69, 9.17) is 0 Å². The molecule has 1 aliphatic rings. The molecule has 1 saturated carbocycles. The Balaban J connectivity index is 1.91. The van der Waals surface area contributed by atoms with Gasteiger partial charge >= 0.3 is 0 Å². The molecule has 3 rings (SSSR count). The number of nitrogens with zero attached hydrogens (tertiary/aromatic N) is 3. The Morgan fingerprint density at radius 1 is 1.35 bits per heavy atom. The smallest absolute Gasteiger partial charge is 0.0898 e. The fourth-order valence-corrected chi connectivity index (χ4v) is 2.32. The van der Waals surface area contributed by atoms with E-state index in [2.05, 4.69) is 54.2 Å². The maximum atomic E-state index is 4.22. The molecule has 0 amide bonds. The van der Waals surface area contributed by atoms with Crippen molar-refractivity contribution in [3.05, 3.63) is 46.8 Å². The van der Waals surface area contributed by atoms with Crippen LogP contribution in [0.1, 0.15) is 48.1 Å². The number of hydrogen-bond donors (Lipinski definition) is 0. The van der Waals surface area contributed by atoms with Crippen LogP contribution in [-0.2, 0) is 7.05 Å². The largest absolute Gasteiger partial charge is 0.255 e. The van der Waals surface area contributed by atoms with Crippen LogP contribution in [0.3, 0.4) is 0 Å². The standard InChI is InChI=1S/C17H19N3/c1-12-4-5-15(9-8-14-6-7-14)10-16(12)13(2)17-11-20(3)19-18-17/h4-5,10-11,13-14H,6-7H2,1-3H3. The summed E-state index contributed by atoms with van der Waals surface area (Å²) in [6.07, 6.45) is 4.51. The van der Waals surface area contributed by atoms with Gasteiger partial charge in [0.05, 0.1) is 5.69 Å². The SMILES string of the molecule is Cc1ccc(C#CC2CC2)cc1C(C)c1cn(C)nn1. The van der Waals surface area contributed by atoms with Crippen molar-refractivity contribution in [2.24, 2.45) is 13.0 Å². The Bertz CT molecular complexity index is 684. The number of benzene rings is 1. The van der Waals surface area contributed by atoms with E-state index in [1.54, 1.807) is 4.68 Å². The summed E-state index contributed by atoms with van der Waals surface area (Å²) in [5.41, 5.74) is 4.67. The van der Waals surface area contributed by atoms with Crippen molar-refractivity contribution in [3.63, 3.8) is 0 Å². The average molecular weight is 265 g/mol. The van der Waals surface area contributed by atoms with Crippen LogP contribution in [-0.4, -0.2) is 15.0 Å². The third kappa shape index (κ3) is 2.75. The van der Waals surface area contributed by atoms with E-state index in [0.717, 1.165) is 11.3 Å². The van der Waals surface area contributed by atoms with Gasteiger partial charge in [0.15, 0.2) is 0 Å². The van der Waals surface area contributed by atoms with Gasteiger partial charge in [0.2, 0.25) is 0 Å². The zero-order chi connectivity index (χ0) is 14.1. The lowest BCUT2D eigenvalue weighted by molar-refractivity contribution is 0.711. The molecule has 0 aliphatic heterocycles. The first kappa shape index (κ1) is 12.9. The average Bonchev–Trinajstić information content (AvgIpc) is 3.17. The minimum atomic E-state index is 0.242. The molecule has 0 saturated heterocycles. The minimum absolute atomic E-state index is 0.242. The van der Waals surface area contributed by atoms with E-state index >= 15 is 0 Å². The quantitative estimate of drug-likeness (QED) is 0.781. The Morgan fingerprint density at radius 3 is 2.80 bits per heavy atom. The maximum absolute atomic E-state index is 4.22. The highest BCUT2D eigenvalue weighted by Crippen LogP contribution is 2.28. The summed E-state index contributed by atoms with van der Waals surface area (Å²) in [5, 5.41) is 8.25. The van der Waals surface area contributed by atoms with E-state index in [-0.39, 0.29) is 5.92 Å². The van der Waals surface area contributed by atoms with E-state index in [9.17, 15) is 0 Å². The molecular formula is C17H19N3. The zero-order valence-corrected chi connectivity index (χ0v) is 12.2. The highest BCUT2D eigenvalue weighted by atomic mass is 15.4. The van der Waals surface area contributed by atoms with Crippen LogP contribution in [0.25, 0.3) is 0 Å². The molecule has 1 aromatic heterocycles. The van der Waals surface area contributed by atoms with Crippen molar-refractivity contribution in [2.45, 2.75) is 32.6 Å². The van der Waals surface area contributed by atoms with E-state index in [0.29, 0.717) is 5.92 Å². The number of aryl methyl sites for hydroxylation is 2. The van der Waals surface area contributed by atoms with Crippen LogP contribution in [0.4, 0.5) is 0 Å². The summed E-state index contributed by atoms with van der Waals surface area (Å²) in [4.78, 5) is 0. The summed E-state index contributed by atoms with van der Waals surface area (Å²) in [6, 6.07) is 6.46. The molecule has 0 spiro atoms. The molecule has 1 atom stereocenters. The van der Waals surface area contributed by atoms with Gasteiger partial charge in [-0.25, -0.2) is 0 Å². The van der Waals surface area contributed by atoms with Gasteiger partial charge in [-0.05, 0) is 43.0 Å². The van der Waals surface area contributed by atoms with E-state index < -0.39 is 0 Å². The van der Waals surface area contributed by atoms with Crippen molar-refractivity contribution < 1.29 is 0 Å². The van der Waals surface area contributed by atoms with Crippen molar-refractivity contribution in [1.29, 1.82) is 0 Å². The molecular weight excluding hydrogens is 246 g/mol. The predicted molar refractivity (Wildman–Crippen MR) is 79.3 cm³/mol. The van der Waals surface area contributed by atoms with Gasteiger partial charge in [-0.15, -0.1) is 5.10 Å². The fraction of sp³-hybridized carbons (Fsp3) is 0.412. The first-order chi connectivity index (χ1) is 9.63. The van der Waals surface area contributed by atoms with Crippen LogP contribution in [0.15, 0.2) is 24.4 Å². The van der Waals surface area contributed by atoms with Crippen molar-refractivity contribution >= 4 is 0 Å². The lowest BCUT2D eigenvalue weighted by atomic mass is 9.92. The van der Waals surface area contributed by atoms with Gasteiger partial charge in [-0.1, -0.05) is 30.0 Å². The Kier molecular flexibility index (Phi) is 3.31. The molecule has 2 aromatic rings. The van der Waals surface area contributed by atoms with Crippen LogP contribution < -0.4 is 0 Å². The van der Waals surface area contributed by atoms with Gasteiger partial charge in [0.1, 0.15) is 0 Å². The monoisotopic (exact) mass is 265 g/mol. The Morgan fingerprint density at radius 2 is 2.15 bits per heavy atom. The molecule has 1 aromatic carbocycles. The zero-order valence-electron chi connectivity index (χ0n) is 12.2. The summed E-state index contributed by atoms with van der Waals surface area (Å²) in [7, 11) is 1.90. The van der Waals surface area contributed by atoms with Gasteiger partial charge in [-0.2, -0.15) is 0 Å². The second-order valence-corrected chi connectivity index (χ2v) is 5.65. The third-order valence-corrected chi connectivity index (χ3v) is 3.81. The normalized spacial score (nSPS) is 15.6. The lowest BCUT2D eigenvalue weighted by Gasteiger charge is -2.12. The van der Waals surface area contributed by atoms with Crippen LogP contribution in [0.5, 0.6) is 0 Å². The molecule has 0 bridgehead atoms. The molecule has 0 radical (unpaired) electrons. The summed E-state index contributed by atoms with van der Waals surface area (Å²) < 4.78 is 1.75. The van der Waals surface area contributed by atoms with E-state index in [1.807, 2.05) is 13.2 Å². The molecule has 102 valence electrons.